The van der Waals surface area contributed by atoms with Crippen molar-refractivity contribution in [2.75, 3.05) is 18.6 Å². The summed E-state index contributed by atoms with van der Waals surface area (Å²) >= 11 is 0. The van der Waals surface area contributed by atoms with E-state index in [9.17, 15) is 4.39 Å². The van der Waals surface area contributed by atoms with Crippen molar-refractivity contribution in [1.82, 2.24) is 9.97 Å². The molecule has 1 fully saturated rings. The minimum absolute atomic E-state index is 0.173. The summed E-state index contributed by atoms with van der Waals surface area (Å²) in [6.45, 7) is 0.960. The van der Waals surface area contributed by atoms with E-state index in [2.05, 4.69) is 14.9 Å². The van der Waals surface area contributed by atoms with Crippen molar-refractivity contribution in [3.8, 4) is 5.75 Å². The van der Waals surface area contributed by atoms with Gasteiger partial charge in [-0.05, 0) is 56.2 Å². The Morgan fingerprint density at radius 3 is 2.88 bits per heavy atom. The second-order valence-electron chi connectivity index (χ2n) is 6.58. The van der Waals surface area contributed by atoms with Crippen LogP contribution in [0.2, 0.25) is 0 Å². The number of aryl methyl sites for hydroxylation is 1. The zero-order valence-electron chi connectivity index (χ0n) is 14.0. The van der Waals surface area contributed by atoms with E-state index in [1.807, 2.05) is 6.07 Å². The second kappa shape index (κ2) is 6.38. The lowest BCUT2D eigenvalue weighted by Gasteiger charge is -2.30. The zero-order valence-corrected chi connectivity index (χ0v) is 14.0. The molecule has 1 atom stereocenters. The molecule has 2 heterocycles. The van der Waals surface area contributed by atoms with Crippen LogP contribution in [0.15, 0.2) is 24.5 Å². The van der Waals surface area contributed by atoms with E-state index < -0.39 is 0 Å². The first kappa shape index (κ1) is 15.4. The molecule has 1 aromatic heterocycles. The summed E-state index contributed by atoms with van der Waals surface area (Å²) in [7, 11) is 1.49. The largest absolute Gasteiger partial charge is 0.494 e. The normalized spacial score (nSPS) is 20.1. The van der Waals surface area contributed by atoms with Crippen LogP contribution in [-0.4, -0.2) is 23.6 Å². The van der Waals surface area contributed by atoms with Gasteiger partial charge in [0.15, 0.2) is 11.6 Å². The van der Waals surface area contributed by atoms with E-state index in [1.165, 1.54) is 31.2 Å². The molecule has 4 nitrogen and oxygen atoms in total. The first-order valence-corrected chi connectivity index (χ1v) is 8.71. The minimum Gasteiger partial charge on any atom is -0.494 e. The molecule has 5 heteroatoms. The Labute approximate surface area is 141 Å². The van der Waals surface area contributed by atoms with Crippen LogP contribution in [-0.2, 0) is 12.8 Å². The Hall–Kier alpha value is -2.17. The summed E-state index contributed by atoms with van der Waals surface area (Å²) in [4.78, 5) is 11.4. The highest BCUT2D eigenvalue weighted by Crippen LogP contribution is 2.39. The molecule has 1 saturated heterocycles. The first-order chi connectivity index (χ1) is 11.8. The van der Waals surface area contributed by atoms with Crippen molar-refractivity contribution in [3.63, 3.8) is 0 Å². The molecule has 1 aromatic carbocycles. The predicted molar refractivity (Wildman–Crippen MR) is 90.9 cm³/mol. The van der Waals surface area contributed by atoms with Crippen LogP contribution in [0.25, 0.3) is 0 Å². The van der Waals surface area contributed by atoms with E-state index >= 15 is 0 Å². The number of aromatic nitrogens is 2. The lowest BCUT2D eigenvalue weighted by molar-refractivity contribution is 0.386. The molecule has 0 spiro atoms. The molecule has 2 aliphatic rings. The molecule has 1 unspecified atom stereocenters. The Bertz CT molecular complexity index is 749. The van der Waals surface area contributed by atoms with Crippen molar-refractivity contribution >= 4 is 5.82 Å². The molecule has 0 bridgehead atoms. The van der Waals surface area contributed by atoms with Gasteiger partial charge in [-0.25, -0.2) is 14.4 Å². The SMILES string of the molecule is COc1ccc(C2CCCN2c2ncnc3c2CCCC3)cc1F. The van der Waals surface area contributed by atoms with Crippen molar-refractivity contribution in [2.24, 2.45) is 0 Å². The van der Waals surface area contributed by atoms with Crippen LogP contribution >= 0.6 is 0 Å². The molecule has 0 amide bonds. The van der Waals surface area contributed by atoms with Gasteiger partial charge in [0, 0.05) is 17.8 Å². The monoisotopic (exact) mass is 327 g/mol. The highest BCUT2D eigenvalue weighted by Gasteiger charge is 2.30. The van der Waals surface area contributed by atoms with Crippen LogP contribution < -0.4 is 9.64 Å². The summed E-state index contributed by atoms with van der Waals surface area (Å²) < 4.78 is 19.2. The van der Waals surface area contributed by atoms with Gasteiger partial charge in [0.25, 0.3) is 0 Å². The van der Waals surface area contributed by atoms with E-state index in [0.29, 0.717) is 5.75 Å². The van der Waals surface area contributed by atoms with Crippen molar-refractivity contribution < 1.29 is 9.13 Å². The van der Waals surface area contributed by atoms with Crippen molar-refractivity contribution in [3.05, 3.63) is 47.2 Å². The van der Waals surface area contributed by atoms with Gasteiger partial charge in [-0.3, -0.25) is 0 Å². The third kappa shape index (κ3) is 2.62. The maximum Gasteiger partial charge on any atom is 0.165 e. The smallest absolute Gasteiger partial charge is 0.165 e. The number of benzene rings is 1. The van der Waals surface area contributed by atoms with Crippen molar-refractivity contribution in [2.45, 2.75) is 44.6 Å². The summed E-state index contributed by atoms with van der Waals surface area (Å²) in [6, 6.07) is 5.47. The first-order valence-electron chi connectivity index (χ1n) is 8.71. The van der Waals surface area contributed by atoms with Crippen LogP contribution in [0.1, 0.15) is 48.5 Å². The molecule has 1 aliphatic heterocycles. The molecule has 4 rings (SSSR count). The number of anilines is 1. The van der Waals surface area contributed by atoms with Crippen LogP contribution in [0, 0.1) is 5.82 Å². The maximum atomic E-state index is 14.1. The number of fused-ring (bicyclic) bond motifs is 1. The van der Waals surface area contributed by atoms with Crippen LogP contribution in [0.4, 0.5) is 10.2 Å². The molecular formula is C19H22FN3O. The average Bonchev–Trinajstić information content (AvgIpc) is 3.10. The summed E-state index contributed by atoms with van der Waals surface area (Å²) in [5.41, 5.74) is 3.48. The summed E-state index contributed by atoms with van der Waals surface area (Å²) in [5.74, 6) is 1.05. The molecule has 24 heavy (non-hydrogen) atoms. The van der Waals surface area contributed by atoms with Gasteiger partial charge in [0.1, 0.15) is 12.1 Å². The topological polar surface area (TPSA) is 38.2 Å². The number of nitrogens with zero attached hydrogens (tertiary/aromatic N) is 3. The number of hydrogen-bond acceptors (Lipinski definition) is 4. The second-order valence-corrected chi connectivity index (χ2v) is 6.58. The summed E-state index contributed by atoms with van der Waals surface area (Å²) in [6.07, 6.45) is 8.29. The van der Waals surface area contributed by atoms with Gasteiger partial charge in [0.2, 0.25) is 0 Å². The van der Waals surface area contributed by atoms with E-state index in [-0.39, 0.29) is 11.9 Å². The highest BCUT2D eigenvalue weighted by molar-refractivity contribution is 5.53. The Morgan fingerprint density at radius 1 is 1.17 bits per heavy atom. The van der Waals surface area contributed by atoms with Gasteiger partial charge in [-0.2, -0.15) is 0 Å². The number of rotatable bonds is 3. The highest BCUT2D eigenvalue weighted by atomic mass is 19.1. The fraction of sp³-hybridized carbons (Fsp3) is 0.474. The third-order valence-electron chi connectivity index (χ3n) is 5.19. The lowest BCUT2D eigenvalue weighted by Crippen LogP contribution is -2.26. The number of ether oxygens (including phenoxy) is 1. The Kier molecular flexibility index (Phi) is 4.08. The predicted octanol–water partition coefficient (Wildman–Crippen LogP) is 3.84. The van der Waals surface area contributed by atoms with Gasteiger partial charge in [0.05, 0.1) is 13.2 Å². The average molecular weight is 327 g/mol. The third-order valence-corrected chi connectivity index (χ3v) is 5.19. The van der Waals surface area contributed by atoms with Crippen LogP contribution in [0.5, 0.6) is 5.75 Å². The Balaban J connectivity index is 1.70. The molecule has 0 N–H and O–H groups in total. The fourth-order valence-corrected chi connectivity index (χ4v) is 4.01. The quantitative estimate of drug-likeness (QED) is 0.858. The fourth-order valence-electron chi connectivity index (χ4n) is 4.01. The van der Waals surface area contributed by atoms with Gasteiger partial charge in [-0.15, -0.1) is 0 Å². The van der Waals surface area contributed by atoms with Gasteiger partial charge < -0.3 is 9.64 Å². The molecule has 2 aromatic rings. The standard InChI is InChI=1S/C19H22FN3O/c1-24-18-9-8-13(11-15(18)20)17-7-4-10-23(17)19-14-5-2-3-6-16(14)21-12-22-19/h8-9,11-12,17H,2-7,10H2,1H3. The van der Waals surface area contributed by atoms with Gasteiger partial charge in [-0.1, -0.05) is 6.07 Å². The van der Waals surface area contributed by atoms with Gasteiger partial charge >= 0.3 is 0 Å². The molecule has 0 radical (unpaired) electrons. The van der Waals surface area contributed by atoms with Crippen LogP contribution in [0.3, 0.4) is 0 Å². The van der Waals surface area contributed by atoms with E-state index in [4.69, 9.17) is 4.74 Å². The molecule has 1 aliphatic carbocycles. The van der Waals surface area contributed by atoms with E-state index in [1.54, 1.807) is 18.5 Å². The number of hydrogen-bond donors (Lipinski definition) is 0. The zero-order chi connectivity index (χ0) is 16.5. The van der Waals surface area contributed by atoms with Crippen molar-refractivity contribution in [1.29, 1.82) is 0 Å². The minimum atomic E-state index is -0.299. The number of methoxy groups -OCH3 is 1. The summed E-state index contributed by atoms with van der Waals surface area (Å²) in [5, 5.41) is 0. The molecule has 0 saturated carbocycles. The Morgan fingerprint density at radius 2 is 2.04 bits per heavy atom. The molecular weight excluding hydrogens is 305 g/mol. The number of halogens is 1. The lowest BCUT2D eigenvalue weighted by atomic mass is 9.95. The van der Waals surface area contributed by atoms with E-state index in [0.717, 1.165) is 43.6 Å². The molecule has 126 valence electrons. The maximum absolute atomic E-state index is 14.1.